The van der Waals surface area contributed by atoms with E-state index in [0.717, 1.165) is 22.9 Å². The van der Waals surface area contributed by atoms with E-state index in [4.69, 9.17) is 0 Å². The molecule has 0 fully saturated rings. The third-order valence-electron chi connectivity index (χ3n) is 3.08. The first-order chi connectivity index (χ1) is 8.86. The highest BCUT2D eigenvalue weighted by Crippen LogP contribution is 2.26. The van der Waals surface area contributed by atoms with Crippen molar-refractivity contribution in [2.24, 2.45) is 0 Å². The summed E-state index contributed by atoms with van der Waals surface area (Å²) < 4.78 is 0. The lowest BCUT2D eigenvalue weighted by Gasteiger charge is -2.20. The summed E-state index contributed by atoms with van der Waals surface area (Å²) in [5, 5.41) is 3.37. The van der Waals surface area contributed by atoms with Crippen molar-refractivity contribution in [2.45, 2.75) is 40.0 Å². The number of aryl methyl sites for hydroxylation is 2. The van der Waals surface area contributed by atoms with Crippen LogP contribution in [0.25, 0.3) is 0 Å². The van der Waals surface area contributed by atoms with E-state index in [9.17, 15) is 0 Å². The van der Waals surface area contributed by atoms with Gasteiger partial charge in [-0.25, -0.2) is 9.97 Å². The molecule has 1 heterocycles. The van der Waals surface area contributed by atoms with Gasteiger partial charge >= 0.3 is 0 Å². The van der Waals surface area contributed by atoms with Crippen molar-refractivity contribution in [3.05, 3.63) is 47.4 Å². The van der Waals surface area contributed by atoms with Gasteiger partial charge in [0.15, 0.2) is 0 Å². The molecule has 0 saturated heterocycles. The highest BCUT2D eigenvalue weighted by atomic mass is 15.0. The molecule has 1 N–H and O–H groups in total. The van der Waals surface area contributed by atoms with Gasteiger partial charge in [-0.15, -0.1) is 0 Å². The minimum absolute atomic E-state index is 0.147. The van der Waals surface area contributed by atoms with Crippen molar-refractivity contribution in [3.8, 4) is 0 Å². The van der Waals surface area contributed by atoms with Crippen LogP contribution >= 0.6 is 0 Å². The number of hydrogen-bond donors (Lipinski definition) is 1. The van der Waals surface area contributed by atoms with Crippen LogP contribution in [0.4, 0.5) is 11.5 Å². The monoisotopic (exact) mass is 255 g/mol. The predicted molar refractivity (Wildman–Crippen MR) is 79.9 cm³/mol. The number of aromatic nitrogens is 2. The third kappa shape index (κ3) is 3.31. The van der Waals surface area contributed by atoms with Crippen molar-refractivity contribution in [1.29, 1.82) is 0 Å². The van der Waals surface area contributed by atoms with E-state index in [0.29, 0.717) is 0 Å². The Labute approximate surface area is 115 Å². The Kier molecular flexibility index (Phi) is 3.56. The molecule has 0 saturated carbocycles. The summed E-state index contributed by atoms with van der Waals surface area (Å²) in [5.74, 6) is 1.65. The van der Waals surface area contributed by atoms with Gasteiger partial charge in [-0.2, -0.15) is 0 Å². The zero-order valence-electron chi connectivity index (χ0n) is 12.3. The average molecular weight is 255 g/mol. The lowest BCUT2D eigenvalue weighted by Crippen LogP contribution is -2.11. The first-order valence-corrected chi connectivity index (χ1v) is 6.54. The number of nitrogens with zero attached hydrogens (tertiary/aromatic N) is 2. The Morgan fingerprint density at radius 3 is 2.53 bits per heavy atom. The molecule has 2 rings (SSSR count). The van der Waals surface area contributed by atoms with Crippen LogP contribution in [0.1, 0.15) is 37.7 Å². The van der Waals surface area contributed by atoms with Gasteiger partial charge in [0.05, 0.1) is 0 Å². The second kappa shape index (κ2) is 5.00. The molecule has 0 radical (unpaired) electrons. The molecular weight excluding hydrogens is 234 g/mol. The fourth-order valence-electron chi connectivity index (χ4n) is 1.86. The Morgan fingerprint density at radius 2 is 1.84 bits per heavy atom. The maximum absolute atomic E-state index is 4.44. The number of anilines is 2. The maximum atomic E-state index is 4.44. The summed E-state index contributed by atoms with van der Waals surface area (Å²) in [6.07, 6.45) is 1.85. The van der Waals surface area contributed by atoms with E-state index in [-0.39, 0.29) is 5.41 Å². The SMILES string of the molecule is Cc1ncc(C)c(Nc2cccc(C(C)(C)C)c2)n1. The largest absolute Gasteiger partial charge is 0.340 e. The van der Waals surface area contributed by atoms with E-state index in [1.165, 1.54) is 5.56 Å². The van der Waals surface area contributed by atoms with Crippen LogP contribution in [0.3, 0.4) is 0 Å². The summed E-state index contributed by atoms with van der Waals surface area (Å²) >= 11 is 0. The minimum Gasteiger partial charge on any atom is -0.340 e. The normalized spacial score (nSPS) is 11.4. The van der Waals surface area contributed by atoms with Gasteiger partial charge in [0.1, 0.15) is 11.6 Å². The molecule has 0 bridgehead atoms. The Bertz CT molecular complexity index is 583. The molecule has 1 aromatic heterocycles. The van der Waals surface area contributed by atoms with Gasteiger partial charge < -0.3 is 5.32 Å². The molecule has 0 unspecified atom stereocenters. The van der Waals surface area contributed by atoms with Crippen LogP contribution in [0, 0.1) is 13.8 Å². The molecule has 0 aliphatic carbocycles. The molecule has 19 heavy (non-hydrogen) atoms. The standard InChI is InChI=1S/C16H21N3/c1-11-10-17-12(2)18-15(11)19-14-8-6-7-13(9-14)16(3,4)5/h6-10H,1-5H3,(H,17,18,19). The maximum Gasteiger partial charge on any atom is 0.136 e. The summed E-state index contributed by atoms with van der Waals surface area (Å²) in [6.45, 7) is 10.6. The van der Waals surface area contributed by atoms with Gasteiger partial charge in [-0.05, 0) is 37.0 Å². The molecule has 0 amide bonds. The summed E-state index contributed by atoms with van der Waals surface area (Å²) in [5.41, 5.74) is 3.57. The lowest BCUT2D eigenvalue weighted by atomic mass is 9.87. The predicted octanol–water partition coefficient (Wildman–Crippen LogP) is 4.13. The molecule has 3 heteroatoms. The van der Waals surface area contributed by atoms with Crippen LogP contribution in [-0.2, 0) is 5.41 Å². The van der Waals surface area contributed by atoms with E-state index < -0.39 is 0 Å². The minimum atomic E-state index is 0.147. The van der Waals surface area contributed by atoms with E-state index in [1.807, 2.05) is 20.0 Å². The zero-order chi connectivity index (χ0) is 14.0. The molecule has 0 aliphatic rings. The Hall–Kier alpha value is -1.90. The van der Waals surface area contributed by atoms with Crippen molar-refractivity contribution in [2.75, 3.05) is 5.32 Å². The average Bonchev–Trinajstić information content (AvgIpc) is 2.33. The van der Waals surface area contributed by atoms with Crippen LogP contribution in [0.15, 0.2) is 30.5 Å². The van der Waals surface area contributed by atoms with Gasteiger partial charge in [0.25, 0.3) is 0 Å². The second-order valence-corrected chi connectivity index (χ2v) is 5.90. The van der Waals surface area contributed by atoms with E-state index in [1.54, 1.807) is 0 Å². The van der Waals surface area contributed by atoms with Crippen LogP contribution in [0.2, 0.25) is 0 Å². The Balaban J connectivity index is 2.31. The van der Waals surface area contributed by atoms with Gasteiger partial charge in [0, 0.05) is 17.4 Å². The first kappa shape index (κ1) is 13.5. The summed E-state index contributed by atoms with van der Waals surface area (Å²) in [6, 6.07) is 8.47. The molecule has 0 aliphatic heterocycles. The van der Waals surface area contributed by atoms with Crippen LogP contribution < -0.4 is 5.32 Å². The fourth-order valence-corrected chi connectivity index (χ4v) is 1.86. The Morgan fingerprint density at radius 1 is 1.11 bits per heavy atom. The van der Waals surface area contributed by atoms with Gasteiger partial charge in [-0.3, -0.25) is 0 Å². The van der Waals surface area contributed by atoms with Crippen molar-refractivity contribution < 1.29 is 0 Å². The molecule has 1 aromatic carbocycles. The second-order valence-electron chi connectivity index (χ2n) is 5.90. The molecule has 100 valence electrons. The highest BCUT2D eigenvalue weighted by molar-refractivity contribution is 5.59. The molecular formula is C16H21N3. The number of benzene rings is 1. The molecule has 0 atom stereocenters. The first-order valence-electron chi connectivity index (χ1n) is 6.54. The lowest BCUT2D eigenvalue weighted by molar-refractivity contribution is 0.590. The van der Waals surface area contributed by atoms with E-state index >= 15 is 0 Å². The molecule has 2 aromatic rings. The topological polar surface area (TPSA) is 37.8 Å². The van der Waals surface area contributed by atoms with Crippen LogP contribution in [0.5, 0.6) is 0 Å². The highest BCUT2D eigenvalue weighted by Gasteiger charge is 2.13. The van der Waals surface area contributed by atoms with Crippen LogP contribution in [-0.4, -0.2) is 9.97 Å². The molecule has 3 nitrogen and oxygen atoms in total. The van der Waals surface area contributed by atoms with E-state index in [2.05, 4.69) is 60.3 Å². The fraction of sp³-hybridized carbons (Fsp3) is 0.375. The smallest absolute Gasteiger partial charge is 0.136 e. The quantitative estimate of drug-likeness (QED) is 0.876. The molecule has 0 spiro atoms. The van der Waals surface area contributed by atoms with Crippen molar-refractivity contribution in [1.82, 2.24) is 9.97 Å². The van der Waals surface area contributed by atoms with Gasteiger partial charge in [-0.1, -0.05) is 32.9 Å². The third-order valence-corrected chi connectivity index (χ3v) is 3.08. The number of hydrogen-bond acceptors (Lipinski definition) is 3. The van der Waals surface area contributed by atoms with Crippen molar-refractivity contribution in [3.63, 3.8) is 0 Å². The van der Waals surface area contributed by atoms with Gasteiger partial charge in [0.2, 0.25) is 0 Å². The zero-order valence-corrected chi connectivity index (χ0v) is 12.3. The van der Waals surface area contributed by atoms with Crippen molar-refractivity contribution >= 4 is 11.5 Å². The number of rotatable bonds is 2. The summed E-state index contributed by atoms with van der Waals surface area (Å²) in [7, 11) is 0. The summed E-state index contributed by atoms with van der Waals surface area (Å²) in [4.78, 5) is 8.62. The number of nitrogens with one attached hydrogen (secondary N) is 1.